The molecule has 0 aromatic heterocycles. The number of nitriles is 1. The summed E-state index contributed by atoms with van der Waals surface area (Å²) in [6, 6.07) is 14.5. The minimum Gasteiger partial charge on any atom is -0.353 e. The fourth-order valence-corrected chi connectivity index (χ4v) is 3.56. The summed E-state index contributed by atoms with van der Waals surface area (Å²) in [5.41, 5.74) is 1.53. The summed E-state index contributed by atoms with van der Waals surface area (Å²) in [7, 11) is 0. The Kier molecular flexibility index (Phi) is 8.68. The van der Waals surface area contributed by atoms with Crippen molar-refractivity contribution in [3.8, 4) is 6.07 Å². The molecule has 0 aliphatic heterocycles. The van der Waals surface area contributed by atoms with E-state index >= 15 is 0 Å². The van der Waals surface area contributed by atoms with Gasteiger partial charge in [0, 0.05) is 18.1 Å². The molecule has 152 valence electrons. The first-order valence-electron chi connectivity index (χ1n) is 9.33. The number of carbonyl (C=O) groups excluding carboxylic acids is 2. The van der Waals surface area contributed by atoms with Crippen molar-refractivity contribution >= 4 is 23.6 Å². The first-order chi connectivity index (χ1) is 13.9. The highest BCUT2D eigenvalue weighted by Crippen LogP contribution is 2.15. The number of benzene rings is 2. The summed E-state index contributed by atoms with van der Waals surface area (Å²) >= 11 is 1.61. The van der Waals surface area contributed by atoms with Gasteiger partial charge < -0.3 is 10.6 Å². The standard InChI is InChI=1S/C22H24FN3O2S/c1-15(2)20(26-21(27)18-9-5-6-10-19(18)23)22(28)25-11-12-29-14-17-8-4-3-7-16(17)13-24/h3-10,15,20H,11-12,14H2,1-2H3,(H,25,28)(H,26,27)/t20-/m1/s1. The molecule has 2 rings (SSSR count). The number of nitrogens with one attached hydrogen (secondary N) is 2. The van der Waals surface area contributed by atoms with Gasteiger partial charge in [-0.25, -0.2) is 4.39 Å². The highest BCUT2D eigenvalue weighted by Gasteiger charge is 2.25. The van der Waals surface area contributed by atoms with Gasteiger partial charge >= 0.3 is 0 Å². The van der Waals surface area contributed by atoms with Crippen LogP contribution in [0.25, 0.3) is 0 Å². The molecule has 2 N–H and O–H groups in total. The molecule has 0 radical (unpaired) electrons. The largest absolute Gasteiger partial charge is 0.353 e. The fourth-order valence-electron chi connectivity index (χ4n) is 2.69. The average Bonchev–Trinajstić information content (AvgIpc) is 2.71. The summed E-state index contributed by atoms with van der Waals surface area (Å²) in [4.78, 5) is 24.8. The summed E-state index contributed by atoms with van der Waals surface area (Å²) in [6.45, 7) is 4.07. The Labute approximate surface area is 174 Å². The van der Waals surface area contributed by atoms with E-state index in [1.165, 1.54) is 18.2 Å². The van der Waals surface area contributed by atoms with Crippen molar-refractivity contribution < 1.29 is 14.0 Å². The van der Waals surface area contributed by atoms with Gasteiger partial charge in [-0.05, 0) is 29.7 Å². The van der Waals surface area contributed by atoms with Crippen molar-refractivity contribution in [2.24, 2.45) is 5.92 Å². The third kappa shape index (κ3) is 6.61. The maximum absolute atomic E-state index is 13.8. The van der Waals surface area contributed by atoms with Crippen molar-refractivity contribution in [3.63, 3.8) is 0 Å². The Bertz CT molecular complexity index is 896. The van der Waals surface area contributed by atoms with Crippen molar-refractivity contribution in [2.45, 2.75) is 25.6 Å². The van der Waals surface area contributed by atoms with E-state index in [0.717, 1.165) is 5.56 Å². The summed E-state index contributed by atoms with van der Waals surface area (Å²) in [5, 5.41) is 14.5. The molecule has 0 bridgehead atoms. The number of hydrogen-bond donors (Lipinski definition) is 2. The molecule has 0 heterocycles. The molecule has 0 saturated carbocycles. The third-order valence-corrected chi connectivity index (χ3v) is 5.30. The number of hydrogen-bond acceptors (Lipinski definition) is 4. The maximum atomic E-state index is 13.8. The van der Waals surface area contributed by atoms with Gasteiger partial charge in [0.25, 0.3) is 5.91 Å². The number of amides is 2. The van der Waals surface area contributed by atoms with Crippen LogP contribution in [0.3, 0.4) is 0 Å². The molecule has 2 aromatic carbocycles. The number of thioether (sulfide) groups is 1. The van der Waals surface area contributed by atoms with E-state index in [1.54, 1.807) is 23.9 Å². The lowest BCUT2D eigenvalue weighted by Gasteiger charge is -2.22. The molecule has 0 unspecified atom stereocenters. The predicted molar refractivity (Wildman–Crippen MR) is 113 cm³/mol. The lowest BCUT2D eigenvalue weighted by atomic mass is 10.0. The highest BCUT2D eigenvalue weighted by atomic mass is 32.2. The van der Waals surface area contributed by atoms with E-state index in [2.05, 4.69) is 16.7 Å². The molecular weight excluding hydrogens is 389 g/mol. The van der Waals surface area contributed by atoms with Crippen LogP contribution in [0, 0.1) is 23.1 Å². The highest BCUT2D eigenvalue weighted by molar-refractivity contribution is 7.98. The van der Waals surface area contributed by atoms with Gasteiger partial charge in [-0.15, -0.1) is 0 Å². The fraction of sp³-hybridized carbons (Fsp3) is 0.318. The lowest BCUT2D eigenvalue weighted by Crippen LogP contribution is -2.50. The third-order valence-electron chi connectivity index (χ3n) is 4.30. The summed E-state index contributed by atoms with van der Waals surface area (Å²) < 4.78 is 13.8. The molecule has 7 heteroatoms. The van der Waals surface area contributed by atoms with E-state index in [0.29, 0.717) is 23.6 Å². The zero-order valence-electron chi connectivity index (χ0n) is 16.4. The zero-order valence-corrected chi connectivity index (χ0v) is 17.3. The van der Waals surface area contributed by atoms with Crippen LogP contribution in [-0.2, 0) is 10.5 Å². The van der Waals surface area contributed by atoms with E-state index < -0.39 is 17.8 Å². The van der Waals surface area contributed by atoms with Crippen LogP contribution in [-0.4, -0.2) is 30.2 Å². The lowest BCUT2D eigenvalue weighted by molar-refractivity contribution is -0.123. The SMILES string of the molecule is CC(C)[C@@H](NC(=O)c1ccccc1F)C(=O)NCCSCc1ccccc1C#N. The van der Waals surface area contributed by atoms with E-state index in [4.69, 9.17) is 5.26 Å². The zero-order chi connectivity index (χ0) is 21.2. The predicted octanol–water partition coefficient (Wildman–Crippen LogP) is 3.50. The van der Waals surface area contributed by atoms with Crippen molar-refractivity contribution in [2.75, 3.05) is 12.3 Å². The van der Waals surface area contributed by atoms with Gasteiger partial charge in [0.1, 0.15) is 11.9 Å². The Morgan fingerprint density at radius 2 is 1.83 bits per heavy atom. The van der Waals surface area contributed by atoms with Gasteiger partial charge in [0.05, 0.1) is 17.2 Å². The van der Waals surface area contributed by atoms with Crippen molar-refractivity contribution in [1.29, 1.82) is 5.26 Å². The van der Waals surface area contributed by atoms with Crippen LogP contribution in [0.4, 0.5) is 4.39 Å². The molecule has 0 fully saturated rings. The summed E-state index contributed by atoms with van der Waals surface area (Å²) in [6.07, 6.45) is 0. The van der Waals surface area contributed by atoms with Crippen LogP contribution >= 0.6 is 11.8 Å². The smallest absolute Gasteiger partial charge is 0.254 e. The van der Waals surface area contributed by atoms with Gasteiger partial charge in [0.15, 0.2) is 0 Å². The van der Waals surface area contributed by atoms with Crippen LogP contribution in [0.5, 0.6) is 0 Å². The molecule has 0 aliphatic carbocycles. The Balaban J connectivity index is 1.83. The van der Waals surface area contributed by atoms with Gasteiger partial charge in [-0.2, -0.15) is 17.0 Å². The Morgan fingerprint density at radius 1 is 1.14 bits per heavy atom. The molecule has 0 saturated heterocycles. The first-order valence-corrected chi connectivity index (χ1v) is 10.5. The first kappa shape index (κ1) is 22.4. The molecule has 2 amide bonds. The molecule has 29 heavy (non-hydrogen) atoms. The molecule has 0 spiro atoms. The van der Waals surface area contributed by atoms with Crippen LogP contribution in [0.2, 0.25) is 0 Å². The second-order valence-electron chi connectivity index (χ2n) is 6.79. The van der Waals surface area contributed by atoms with Crippen LogP contribution in [0.15, 0.2) is 48.5 Å². The minimum absolute atomic E-state index is 0.0855. The normalized spacial score (nSPS) is 11.6. The Morgan fingerprint density at radius 3 is 2.52 bits per heavy atom. The van der Waals surface area contributed by atoms with Gasteiger partial charge in [-0.3, -0.25) is 9.59 Å². The summed E-state index contributed by atoms with van der Waals surface area (Å²) in [5.74, 6) is -0.348. The monoisotopic (exact) mass is 413 g/mol. The molecular formula is C22H24FN3O2S. The van der Waals surface area contributed by atoms with Gasteiger partial charge in [0.2, 0.25) is 5.91 Å². The molecule has 0 aliphatic rings. The number of carbonyl (C=O) groups is 2. The van der Waals surface area contributed by atoms with Crippen LogP contribution < -0.4 is 10.6 Å². The van der Waals surface area contributed by atoms with E-state index in [-0.39, 0.29) is 17.4 Å². The van der Waals surface area contributed by atoms with E-state index in [1.807, 2.05) is 32.0 Å². The molecule has 1 atom stereocenters. The quantitative estimate of drug-likeness (QED) is 0.617. The van der Waals surface area contributed by atoms with Crippen LogP contribution in [0.1, 0.15) is 35.3 Å². The van der Waals surface area contributed by atoms with E-state index in [9.17, 15) is 14.0 Å². The molecule has 5 nitrogen and oxygen atoms in total. The maximum Gasteiger partial charge on any atom is 0.254 e. The topological polar surface area (TPSA) is 82.0 Å². The van der Waals surface area contributed by atoms with Gasteiger partial charge in [-0.1, -0.05) is 44.2 Å². The van der Waals surface area contributed by atoms with Crippen molar-refractivity contribution in [1.82, 2.24) is 10.6 Å². The second kappa shape index (κ2) is 11.2. The minimum atomic E-state index is -0.758. The Hall–Kier alpha value is -2.85. The number of halogens is 1. The average molecular weight is 414 g/mol. The number of nitrogens with zero attached hydrogens (tertiary/aromatic N) is 1. The second-order valence-corrected chi connectivity index (χ2v) is 7.89. The number of rotatable bonds is 9. The van der Waals surface area contributed by atoms with Crippen molar-refractivity contribution in [3.05, 3.63) is 71.0 Å². The molecule has 2 aromatic rings.